The zero-order chi connectivity index (χ0) is 23.2. The van der Waals surface area contributed by atoms with Gasteiger partial charge in [-0.1, -0.05) is 146 Å². The summed E-state index contributed by atoms with van der Waals surface area (Å²) >= 11 is 0. The van der Waals surface area contributed by atoms with Gasteiger partial charge in [0, 0.05) is 0 Å². The standard InChI is InChI=1S/C35H24/c1-3-17-27(18-4-1)35(28-19-5-2-6-20-28)33(31-23-11-15-25-13-7-9-21-29(25)31)34(35)32-24-12-16-26-14-8-10-22-30(26)32/h1-24H. The number of hydrogen-bond donors (Lipinski definition) is 0. The summed E-state index contributed by atoms with van der Waals surface area (Å²) in [7, 11) is 0. The van der Waals surface area contributed by atoms with Gasteiger partial charge in [-0.2, -0.15) is 0 Å². The lowest BCUT2D eigenvalue weighted by molar-refractivity contribution is 0.958. The highest BCUT2D eigenvalue weighted by molar-refractivity contribution is 6.26. The average Bonchev–Trinajstić information content (AvgIpc) is 3.64. The van der Waals surface area contributed by atoms with Crippen molar-refractivity contribution in [3.05, 3.63) is 168 Å². The van der Waals surface area contributed by atoms with Crippen molar-refractivity contribution >= 4 is 32.7 Å². The summed E-state index contributed by atoms with van der Waals surface area (Å²) in [6.07, 6.45) is 0. The average molecular weight is 445 g/mol. The van der Waals surface area contributed by atoms with Crippen LogP contribution in [0.1, 0.15) is 22.3 Å². The third kappa shape index (κ3) is 2.93. The molecule has 0 unspecified atom stereocenters. The molecular weight excluding hydrogens is 420 g/mol. The van der Waals surface area contributed by atoms with Gasteiger partial charge in [0.1, 0.15) is 0 Å². The van der Waals surface area contributed by atoms with Crippen LogP contribution < -0.4 is 0 Å². The minimum atomic E-state index is -0.295. The molecule has 0 aliphatic heterocycles. The van der Waals surface area contributed by atoms with E-state index in [0.717, 1.165) is 0 Å². The summed E-state index contributed by atoms with van der Waals surface area (Å²) in [5.41, 5.74) is 7.79. The van der Waals surface area contributed by atoms with Crippen LogP contribution in [0.3, 0.4) is 0 Å². The molecule has 0 heterocycles. The quantitative estimate of drug-likeness (QED) is 0.255. The molecule has 0 atom stereocenters. The summed E-state index contributed by atoms with van der Waals surface area (Å²) in [4.78, 5) is 0. The summed E-state index contributed by atoms with van der Waals surface area (Å²) in [5, 5.41) is 5.15. The van der Waals surface area contributed by atoms with E-state index in [1.54, 1.807) is 0 Å². The molecule has 0 saturated carbocycles. The maximum atomic E-state index is 2.30. The van der Waals surface area contributed by atoms with E-state index in [9.17, 15) is 0 Å². The summed E-state index contributed by atoms with van der Waals surface area (Å²) < 4.78 is 0. The van der Waals surface area contributed by atoms with Crippen molar-refractivity contribution in [2.45, 2.75) is 5.41 Å². The lowest BCUT2D eigenvalue weighted by atomic mass is 9.78. The Morgan fingerprint density at radius 1 is 0.314 bits per heavy atom. The monoisotopic (exact) mass is 444 g/mol. The third-order valence-electron chi connectivity index (χ3n) is 7.47. The Bertz CT molecular complexity index is 1580. The van der Waals surface area contributed by atoms with Crippen molar-refractivity contribution in [1.82, 2.24) is 0 Å². The Balaban J connectivity index is 1.62. The Hall–Kier alpha value is -4.42. The maximum absolute atomic E-state index is 2.30. The lowest BCUT2D eigenvalue weighted by Crippen LogP contribution is -2.15. The maximum Gasteiger partial charge on any atom is 0.0720 e. The Morgan fingerprint density at radius 2 is 0.686 bits per heavy atom. The van der Waals surface area contributed by atoms with E-state index in [-0.39, 0.29) is 5.41 Å². The van der Waals surface area contributed by atoms with Crippen molar-refractivity contribution in [3.8, 4) is 0 Å². The first-order valence-corrected chi connectivity index (χ1v) is 12.2. The second kappa shape index (κ2) is 7.82. The summed E-state index contributed by atoms with van der Waals surface area (Å²) in [6.45, 7) is 0. The van der Waals surface area contributed by atoms with Crippen LogP contribution >= 0.6 is 0 Å². The molecule has 164 valence electrons. The van der Waals surface area contributed by atoms with Gasteiger partial charge in [-0.3, -0.25) is 0 Å². The van der Waals surface area contributed by atoms with E-state index in [2.05, 4.69) is 146 Å². The predicted molar refractivity (Wildman–Crippen MR) is 148 cm³/mol. The zero-order valence-corrected chi connectivity index (χ0v) is 19.4. The van der Waals surface area contributed by atoms with Gasteiger partial charge >= 0.3 is 0 Å². The molecule has 0 amide bonds. The highest BCUT2D eigenvalue weighted by Gasteiger charge is 2.57. The fraction of sp³-hybridized carbons (Fsp3) is 0.0286. The molecule has 0 aromatic heterocycles. The topological polar surface area (TPSA) is 0 Å². The van der Waals surface area contributed by atoms with Crippen LogP contribution in [0.25, 0.3) is 32.7 Å². The van der Waals surface area contributed by atoms with Crippen LogP contribution in [0.5, 0.6) is 0 Å². The molecule has 6 aromatic carbocycles. The SMILES string of the molecule is c1ccc(C2(c3ccccc3)C(c3cccc4ccccc34)=C2c2cccc3ccccc23)cc1. The van der Waals surface area contributed by atoms with Gasteiger partial charge < -0.3 is 0 Å². The second-order valence-electron chi connectivity index (χ2n) is 9.29. The Labute approximate surface area is 205 Å². The largest absolute Gasteiger partial charge is 0.0720 e. The molecule has 1 aliphatic rings. The smallest absolute Gasteiger partial charge is 0.0622 e. The number of allylic oxidation sites excluding steroid dienone is 2. The van der Waals surface area contributed by atoms with Crippen LogP contribution in [0, 0.1) is 0 Å². The van der Waals surface area contributed by atoms with E-state index in [1.165, 1.54) is 54.9 Å². The Kier molecular flexibility index (Phi) is 4.47. The second-order valence-corrected chi connectivity index (χ2v) is 9.29. The van der Waals surface area contributed by atoms with Crippen LogP contribution in [0.2, 0.25) is 0 Å². The van der Waals surface area contributed by atoms with E-state index in [0.29, 0.717) is 0 Å². The molecule has 6 aromatic rings. The molecule has 0 saturated heterocycles. The van der Waals surface area contributed by atoms with Crippen molar-refractivity contribution in [2.24, 2.45) is 0 Å². The van der Waals surface area contributed by atoms with E-state index in [1.807, 2.05) is 0 Å². The van der Waals surface area contributed by atoms with Gasteiger partial charge in [-0.25, -0.2) is 0 Å². The van der Waals surface area contributed by atoms with Crippen LogP contribution in [-0.4, -0.2) is 0 Å². The summed E-state index contributed by atoms with van der Waals surface area (Å²) in [5.74, 6) is 0. The molecule has 0 bridgehead atoms. The van der Waals surface area contributed by atoms with Crippen molar-refractivity contribution in [1.29, 1.82) is 0 Å². The minimum Gasteiger partial charge on any atom is -0.0622 e. The molecule has 0 N–H and O–H groups in total. The van der Waals surface area contributed by atoms with Gasteiger partial charge in [-0.05, 0) is 54.9 Å². The first-order chi connectivity index (χ1) is 17.4. The highest BCUT2D eigenvalue weighted by Crippen LogP contribution is 2.69. The van der Waals surface area contributed by atoms with Crippen molar-refractivity contribution in [3.63, 3.8) is 0 Å². The van der Waals surface area contributed by atoms with Gasteiger partial charge in [0.05, 0.1) is 5.41 Å². The molecular formula is C35H24. The van der Waals surface area contributed by atoms with Crippen molar-refractivity contribution < 1.29 is 0 Å². The number of fused-ring (bicyclic) bond motifs is 2. The van der Waals surface area contributed by atoms with E-state index in [4.69, 9.17) is 0 Å². The Morgan fingerprint density at radius 3 is 1.14 bits per heavy atom. The van der Waals surface area contributed by atoms with Gasteiger partial charge in [-0.15, -0.1) is 0 Å². The van der Waals surface area contributed by atoms with Crippen LogP contribution in [-0.2, 0) is 5.41 Å². The molecule has 0 heteroatoms. The predicted octanol–water partition coefficient (Wildman–Crippen LogP) is 8.90. The molecule has 0 spiro atoms. The molecule has 0 nitrogen and oxygen atoms in total. The fourth-order valence-electron chi connectivity index (χ4n) is 5.96. The minimum absolute atomic E-state index is 0.295. The van der Waals surface area contributed by atoms with Crippen LogP contribution in [0.4, 0.5) is 0 Å². The van der Waals surface area contributed by atoms with Gasteiger partial charge in [0.2, 0.25) is 0 Å². The first-order valence-electron chi connectivity index (χ1n) is 12.2. The number of rotatable bonds is 4. The normalized spacial score (nSPS) is 14.4. The highest BCUT2D eigenvalue weighted by atomic mass is 14.6. The summed E-state index contributed by atoms with van der Waals surface area (Å²) in [6, 6.07) is 53.0. The fourth-order valence-corrected chi connectivity index (χ4v) is 5.96. The third-order valence-corrected chi connectivity index (χ3v) is 7.47. The zero-order valence-electron chi connectivity index (χ0n) is 19.4. The lowest BCUT2D eigenvalue weighted by Gasteiger charge is -2.23. The molecule has 7 rings (SSSR count). The van der Waals surface area contributed by atoms with Gasteiger partial charge in [0.15, 0.2) is 0 Å². The van der Waals surface area contributed by atoms with Gasteiger partial charge in [0.25, 0.3) is 0 Å². The number of benzene rings is 6. The molecule has 35 heavy (non-hydrogen) atoms. The molecule has 0 fully saturated rings. The number of hydrogen-bond acceptors (Lipinski definition) is 0. The van der Waals surface area contributed by atoms with Crippen LogP contribution in [0.15, 0.2) is 146 Å². The van der Waals surface area contributed by atoms with E-state index >= 15 is 0 Å². The molecule has 1 aliphatic carbocycles. The molecule has 0 radical (unpaired) electrons. The van der Waals surface area contributed by atoms with E-state index < -0.39 is 0 Å². The van der Waals surface area contributed by atoms with Crippen molar-refractivity contribution in [2.75, 3.05) is 0 Å². The first kappa shape index (κ1) is 20.0.